The molecule has 0 bridgehead atoms. The lowest BCUT2D eigenvalue weighted by Gasteiger charge is -2.26. The molecule has 0 aliphatic rings. The Morgan fingerprint density at radius 1 is 1.54 bits per heavy atom. The van der Waals surface area contributed by atoms with E-state index in [1.54, 1.807) is 0 Å². The number of carbonyl (C=O) groups excluding carboxylic acids is 1. The van der Waals surface area contributed by atoms with E-state index in [0.717, 1.165) is 0 Å². The van der Waals surface area contributed by atoms with Crippen LogP contribution in [0.3, 0.4) is 0 Å². The Bertz CT molecular complexity index is 205. The summed E-state index contributed by atoms with van der Waals surface area (Å²) in [6.45, 7) is 8.43. The van der Waals surface area contributed by atoms with E-state index in [1.165, 1.54) is 0 Å². The topological polar surface area (TPSA) is 26.3 Å². The molecule has 0 aromatic rings. The summed E-state index contributed by atoms with van der Waals surface area (Å²) in [5.74, 6) is 2.36. The second-order valence-electron chi connectivity index (χ2n) is 4.34. The van der Waals surface area contributed by atoms with Gasteiger partial charge >= 0.3 is 5.97 Å². The number of hydrogen-bond donors (Lipinski definition) is 0. The molecular formula is C11H18O2. The van der Waals surface area contributed by atoms with Crippen molar-refractivity contribution in [2.24, 2.45) is 11.3 Å². The lowest BCUT2D eigenvalue weighted by Crippen LogP contribution is -2.21. The second-order valence-corrected chi connectivity index (χ2v) is 4.34. The summed E-state index contributed by atoms with van der Waals surface area (Å²) in [6, 6.07) is 0. The van der Waals surface area contributed by atoms with Crippen LogP contribution in [0.25, 0.3) is 0 Å². The van der Waals surface area contributed by atoms with Gasteiger partial charge in [0.2, 0.25) is 0 Å². The minimum absolute atomic E-state index is 0.0791. The zero-order chi connectivity index (χ0) is 10.5. The molecule has 0 amide bonds. The first-order valence-corrected chi connectivity index (χ1v) is 4.47. The van der Waals surface area contributed by atoms with Gasteiger partial charge in [0.1, 0.15) is 0 Å². The van der Waals surface area contributed by atoms with Gasteiger partial charge in [-0.2, -0.15) is 0 Å². The van der Waals surface area contributed by atoms with Crippen LogP contribution in [0.4, 0.5) is 0 Å². The van der Waals surface area contributed by atoms with Crippen molar-refractivity contribution < 1.29 is 9.53 Å². The fourth-order valence-electron chi connectivity index (χ4n) is 0.737. The molecule has 0 aliphatic heterocycles. The van der Waals surface area contributed by atoms with Gasteiger partial charge < -0.3 is 4.74 Å². The highest BCUT2D eigenvalue weighted by Gasteiger charge is 2.22. The smallest absolute Gasteiger partial charge is 0.307 e. The first kappa shape index (κ1) is 12.0. The van der Waals surface area contributed by atoms with Crippen molar-refractivity contribution in [1.82, 2.24) is 0 Å². The van der Waals surface area contributed by atoms with Crippen LogP contribution in [0, 0.1) is 23.7 Å². The van der Waals surface area contributed by atoms with Crippen LogP contribution in [0.1, 0.15) is 34.1 Å². The Morgan fingerprint density at radius 3 is 2.46 bits per heavy atom. The molecule has 2 heteroatoms. The first-order valence-electron chi connectivity index (χ1n) is 4.47. The third kappa shape index (κ3) is 5.30. The maximum atomic E-state index is 11.1. The molecule has 2 nitrogen and oxygen atoms in total. The zero-order valence-electron chi connectivity index (χ0n) is 8.89. The third-order valence-electron chi connectivity index (χ3n) is 2.27. The Hall–Kier alpha value is -0.970. The summed E-state index contributed by atoms with van der Waals surface area (Å²) >= 11 is 0. The van der Waals surface area contributed by atoms with Gasteiger partial charge in [-0.15, -0.1) is 6.42 Å². The molecule has 0 N–H and O–H groups in total. The lowest BCUT2D eigenvalue weighted by atomic mass is 9.80. The van der Waals surface area contributed by atoms with E-state index >= 15 is 0 Å². The highest BCUT2D eigenvalue weighted by atomic mass is 16.5. The molecule has 13 heavy (non-hydrogen) atoms. The average molecular weight is 182 g/mol. The van der Waals surface area contributed by atoms with E-state index in [9.17, 15) is 4.79 Å². The lowest BCUT2D eigenvalue weighted by molar-refractivity contribution is -0.144. The molecule has 0 fully saturated rings. The monoisotopic (exact) mass is 182 g/mol. The number of hydrogen-bond acceptors (Lipinski definition) is 2. The highest BCUT2D eigenvalue weighted by molar-refractivity contribution is 5.69. The Morgan fingerprint density at radius 2 is 2.08 bits per heavy atom. The van der Waals surface area contributed by atoms with Crippen molar-refractivity contribution in [2.45, 2.75) is 34.1 Å². The van der Waals surface area contributed by atoms with Crippen LogP contribution in [-0.2, 0) is 9.53 Å². The molecule has 0 saturated carbocycles. The molecule has 0 aromatic heterocycles. The predicted molar refractivity (Wildman–Crippen MR) is 53.0 cm³/mol. The minimum Gasteiger partial charge on any atom is -0.452 e. The first-order chi connectivity index (χ1) is 5.88. The standard InChI is InChI=1S/C11H18O2/c1-6-7-13-10(12)8-9(2)11(3,4)5/h1,9H,7-8H2,2-5H3. The summed E-state index contributed by atoms with van der Waals surface area (Å²) in [6.07, 6.45) is 5.40. The van der Waals surface area contributed by atoms with Gasteiger partial charge in [0.15, 0.2) is 6.61 Å². The summed E-state index contributed by atoms with van der Waals surface area (Å²) < 4.78 is 4.78. The minimum atomic E-state index is -0.208. The number of rotatable bonds is 3. The van der Waals surface area contributed by atoms with E-state index in [0.29, 0.717) is 12.3 Å². The van der Waals surface area contributed by atoms with Crippen molar-refractivity contribution in [3.8, 4) is 12.3 Å². The summed E-state index contributed by atoms with van der Waals surface area (Å²) in [5, 5.41) is 0. The largest absolute Gasteiger partial charge is 0.452 e. The molecule has 0 rings (SSSR count). The maximum absolute atomic E-state index is 11.1. The van der Waals surface area contributed by atoms with Gasteiger partial charge in [0.05, 0.1) is 0 Å². The molecule has 0 saturated heterocycles. The van der Waals surface area contributed by atoms with Crippen LogP contribution in [0.15, 0.2) is 0 Å². The van der Waals surface area contributed by atoms with Crippen molar-refractivity contribution in [1.29, 1.82) is 0 Å². The number of terminal acetylenes is 1. The highest BCUT2D eigenvalue weighted by Crippen LogP contribution is 2.28. The van der Waals surface area contributed by atoms with Crippen LogP contribution in [0.5, 0.6) is 0 Å². The third-order valence-corrected chi connectivity index (χ3v) is 2.27. The Balaban J connectivity index is 3.87. The summed E-state index contributed by atoms with van der Waals surface area (Å²) in [5.41, 5.74) is 0.134. The maximum Gasteiger partial charge on any atom is 0.307 e. The van der Waals surface area contributed by atoms with Gasteiger partial charge in [-0.25, -0.2) is 0 Å². The van der Waals surface area contributed by atoms with E-state index in [2.05, 4.69) is 26.7 Å². The number of ether oxygens (including phenoxy) is 1. The normalized spacial score (nSPS) is 13.2. The van der Waals surface area contributed by atoms with Gasteiger partial charge in [0, 0.05) is 6.42 Å². The van der Waals surface area contributed by atoms with Crippen molar-refractivity contribution in [2.75, 3.05) is 6.61 Å². The molecule has 0 heterocycles. The Kier molecular flexibility index (Phi) is 4.55. The molecule has 0 spiro atoms. The van der Waals surface area contributed by atoms with E-state index in [1.807, 2.05) is 6.92 Å². The molecule has 1 atom stereocenters. The van der Waals surface area contributed by atoms with Crippen LogP contribution >= 0.6 is 0 Å². The molecule has 0 aliphatic carbocycles. The average Bonchev–Trinajstić information content (AvgIpc) is 1.99. The predicted octanol–water partition coefficient (Wildman–Crippen LogP) is 2.24. The fourth-order valence-corrected chi connectivity index (χ4v) is 0.737. The van der Waals surface area contributed by atoms with E-state index in [4.69, 9.17) is 11.2 Å². The SMILES string of the molecule is C#CCOC(=O)CC(C)C(C)(C)C. The van der Waals surface area contributed by atoms with Gasteiger partial charge in [-0.05, 0) is 11.3 Å². The van der Waals surface area contributed by atoms with Gasteiger partial charge in [-0.3, -0.25) is 4.79 Å². The molecular weight excluding hydrogens is 164 g/mol. The number of carbonyl (C=O) groups is 1. The number of esters is 1. The Labute approximate surface area is 80.7 Å². The summed E-state index contributed by atoms with van der Waals surface area (Å²) in [4.78, 5) is 11.1. The molecule has 1 unspecified atom stereocenters. The van der Waals surface area contributed by atoms with Crippen molar-refractivity contribution in [3.63, 3.8) is 0 Å². The van der Waals surface area contributed by atoms with Crippen LogP contribution in [-0.4, -0.2) is 12.6 Å². The van der Waals surface area contributed by atoms with E-state index in [-0.39, 0.29) is 18.0 Å². The van der Waals surface area contributed by atoms with Gasteiger partial charge in [-0.1, -0.05) is 33.6 Å². The second kappa shape index (κ2) is 4.91. The van der Waals surface area contributed by atoms with Crippen molar-refractivity contribution in [3.05, 3.63) is 0 Å². The molecule has 0 radical (unpaired) electrons. The molecule has 0 aromatic carbocycles. The van der Waals surface area contributed by atoms with Crippen LogP contribution in [0.2, 0.25) is 0 Å². The zero-order valence-corrected chi connectivity index (χ0v) is 8.89. The fraction of sp³-hybridized carbons (Fsp3) is 0.727. The van der Waals surface area contributed by atoms with Crippen LogP contribution < -0.4 is 0 Å². The van der Waals surface area contributed by atoms with E-state index < -0.39 is 0 Å². The summed E-state index contributed by atoms with van der Waals surface area (Å²) in [7, 11) is 0. The molecule has 74 valence electrons. The van der Waals surface area contributed by atoms with Gasteiger partial charge in [0.25, 0.3) is 0 Å². The van der Waals surface area contributed by atoms with Crippen molar-refractivity contribution >= 4 is 5.97 Å². The quantitative estimate of drug-likeness (QED) is 0.494.